The summed E-state index contributed by atoms with van der Waals surface area (Å²) in [6, 6.07) is 0.830. The van der Waals surface area contributed by atoms with Gasteiger partial charge in [-0.05, 0) is 24.8 Å². The number of carboxylic acids is 1. The van der Waals surface area contributed by atoms with Crippen molar-refractivity contribution in [3.63, 3.8) is 0 Å². The first-order valence-electron chi connectivity index (χ1n) is 7.78. The van der Waals surface area contributed by atoms with Crippen molar-refractivity contribution in [3.8, 4) is 0 Å². The van der Waals surface area contributed by atoms with Crippen LogP contribution in [0.3, 0.4) is 0 Å². The van der Waals surface area contributed by atoms with Gasteiger partial charge in [-0.3, -0.25) is 9.78 Å². The zero-order valence-electron chi connectivity index (χ0n) is 13.4. The number of carbonyl (C=O) groups is 2. The number of rotatable bonds is 6. The van der Waals surface area contributed by atoms with E-state index in [4.69, 9.17) is 9.63 Å². The molecule has 24 heavy (non-hydrogen) atoms. The number of carbonyl (C=O) groups excluding carboxylic acids is 1. The topological polar surface area (TPSA) is 118 Å². The van der Waals surface area contributed by atoms with Crippen LogP contribution in [0.4, 0.5) is 0 Å². The van der Waals surface area contributed by atoms with E-state index in [1.54, 1.807) is 0 Å². The molecule has 2 aromatic heterocycles. The number of aromatic nitrogens is 3. The van der Waals surface area contributed by atoms with Crippen molar-refractivity contribution >= 4 is 11.9 Å². The molecule has 1 amide bonds. The minimum Gasteiger partial charge on any atom is -0.478 e. The molecular weight excluding hydrogens is 312 g/mol. The van der Waals surface area contributed by atoms with Gasteiger partial charge in [0.15, 0.2) is 5.82 Å². The third-order valence-corrected chi connectivity index (χ3v) is 3.87. The van der Waals surface area contributed by atoms with Crippen LogP contribution in [0, 0.1) is 5.92 Å². The summed E-state index contributed by atoms with van der Waals surface area (Å²) in [6.45, 7) is 3.86. The van der Waals surface area contributed by atoms with Crippen molar-refractivity contribution in [2.45, 2.75) is 38.6 Å². The number of hydrogen-bond acceptors (Lipinski definition) is 6. The van der Waals surface area contributed by atoms with Crippen LogP contribution in [0.15, 0.2) is 23.0 Å². The highest BCUT2D eigenvalue weighted by Crippen LogP contribution is 2.38. The lowest BCUT2D eigenvalue weighted by molar-refractivity contribution is 0.0696. The standard InChI is InChI=1S/C16H18N4O4/c1-8(2)12(15-19-13(20-24-15)9-3-4-9)18-14(21)10-5-11(16(22)23)7-17-6-10/h5-9,12H,3-4H2,1-2H3,(H,18,21)(H,22,23). The Morgan fingerprint density at radius 1 is 1.29 bits per heavy atom. The summed E-state index contributed by atoms with van der Waals surface area (Å²) in [5.74, 6) is -0.138. The van der Waals surface area contributed by atoms with Crippen LogP contribution in [0.1, 0.15) is 71.1 Å². The number of nitrogens with zero attached hydrogens (tertiary/aromatic N) is 3. The maximum atomic E-state index is 12.4. The fourth-order valence-corrected chi connectivity index (χ4v) is 2.30. The summed E-state index contributed by atoms with van der Waals surface area (Å²) in [5.41, 5.74) is 0.125. The van der Waals surface area contributed by atoms with Gasteiger partial charge in [0.05, 0.1) is 11.1 Å². The van der Waals surface area contributed by atoms with Gasteiger partial charge in [-0.1, -0.05) is 19.0 Å². The molecule has 0 aromatic carbocycles. The van der Waals surface area contributed by atoms with Crippen molar-refractivity contribution < 1.29 is 19.2 Å². The van der Waals surface area contributed by atoms with Crippen molar-refractivity contribution in [1.82, 2.24) is 20.4 Å². The zero-order chi connectivity index (χ0) is 17.3. The van der Waals surface area contributed by atoms with E-state index in [0.717, 1.165) is 12.8 Å². The highest BCUT2D eigenvalue weighted by atomic mass is 16.5. The number of aromatic carboxylic acids is 1. The van der Waals surface area contributed by atoms with Crippen LogP contribution < -0.4 is 5.32 Å². The van der Waals surface area contributed by atoms with Gasteiger partial charge in [-0.2, -0.15) is 4.98 Å². The van der Waals surface area contributed by atoms with Crippen molar-refractivity contribution in [3.05, 3.63) is 41.3 Å². The molecule has 3 rings (SSSR count). The van der Waals surface area contributed by atoms with Crippen LogP contribution in [0.2, 0.25) is 0 Å². The summed E-state index contributed by atoms with van der Waals surface area (Å²) >= 11 is 0. The van der Waals surface area contributed by atoms with Crippen LogP contribution >= 0.6 is 0 Å². The van der Waals surface area contributed by atoms with Gasteiger partial charge in [-0.25, -0.2) is 4.79 Å². The molecule has 2 N–H and O–H groups in total. The fourth-order valence-electron chi connectivity index (χ4n) is 2.30. The first kappa shape index (κ1) is 16.1. The van der Waals surface area contributed by atoms with Gasteiger partial charge >= 0.3 is 5.97 Å². The normalized spacial score (nSPS) is 15.3. The largest absolute Gasteiger partial charge is 0.478 e. The maximum Gasteiger partial charge on any atom is 0.337 e. The predicted octanol–water partition coefficient (Wildman–Crippen LogP) is 2.17. The van der Waals surface area contributed by atoms with Crippen LogP contribution in [-0.2, 0) is 0 Å². The van der Waals surface area contributed by atoms with Crippen molar-refractivity contribution in [1.29, 1.82) is 0 Å². The second-order valence-electron chi connectivity index (χ2n) is 6.23. The summed E-state index contributed by atoms with van der Waals surface area (Å²) in [4.78, 5) is 31.6. The van der Waals surface area contributed by atoms with Gasteiger partial charge in [0.2, 0.25) is 5.89 Å². The number of nitrogens with one attached hydrogen (secondary N) is 1. The second-order valence-corrected chi connectivity index (χ2v) is 6.23. The molecule has 2 aromatic rings. The van der Waals surface area contributed by atoms with Gasteiger partial charge < -0.3 is 14.9 Å². The molecule has 0 saturated heterocycles. The first-order chi connectivity index (χ1) is 11.5. The van der Waals surface area contributed by atoms with Gasteiger partial charge in [0.1, 0.15) is 6.04 Å². The molecule has 2 heterocycles. The van der Waals surface area contributed by atoms with E-state index < -0.39 is 17.9 Å². The van der Waals surface area contributed by atoms with Crippen molar-refractivity contribution in [2.24, 2.45) is 5.92 Å². The molecule has 8 nitrogen and oxygen atoms in total. The van der Waals surface area contributed by atoms with Gasteiger partial charge in [0.25, 0.3) is 5.91 Å². The first-order valence-corrected chi connectivity index (χ1v) is 7.78. The lowest BCUT2D eigenvalue weighted by Crippen LogP contribution is -2.32. The molecule has 8 heteroatoms. The molecule has 1 aliphatic carbocycles. The Labute approximate surface area is 138 Å². The Bertz CT molecular complexity index is 767. The van der Waals surface area contributed by atoms with Crippen LogP contribution in [0.25, 0.3) is 0 Å². The minimum atomic E-state index is -1.14. The summed E-state index contributed by atoms with van der Waals surface area (Å²) in [6.07, 6.45) is 4.64. The molecule has 0 radical (unpaired) electrons. The van der Waals surface area contributed by atoms with E-state index in [0.29, 0.717) is 17.6 Å². The lowest BCUT2D eigenvalue weighted by atomic mass is 10.0. The maximum absolute atomic E-state index is 12.4. The molecule has 0 bridgehead atoms. The quantitative estimate of drug-likeness (QED) is 0.833. The monoisotopic (exact) mass is 330 g/mol. The van der Waals surface area contributed by atoms with Crippen LogP contribution in [-0.4, -0.2) is 32.1 Å². The molecule has 1 atom stereocenters. The Hall–Kier alpha value is -2.77. The summed E-state index contributed by atoms with van der Waals surface area (Å²) in [7, 11) is 0. The van der Waals surface area contributed by atoms with E-state index in [1.165, 1.54) is 18.5 Å². The molecule has 1 saturated carbocycles. The van der Waals surface area contributed by atoms with Crippen molar-refractivity contribution in [2.75, 3.05) is 0 Å². The van der Waals surface area contributed by atoms with Gasteiger partial charge in [0, 0.05) is 18.3 Å². The Morgan fingerprint density at radius 2 is 2.00 bits per heavy atom. The Morgan fingerprint density at radius 3 is 2.62 bits per heavy atom. The van der Waals surface area contributed by atoms with E-state index in [1.807, 2.05) is 13.8 Å². The number of amides is 1. The zero-order valence-corrected chi connectivity index (χ0v) is 13.4. The SMILES string of the molecule is CC(C)C(NC(=O)c1cncc(C(=O)O)c1)c1nc(C2CC2)no1. The van der Waals surface area contributed by atoms with E-state index >= 15 is 0 Å². The number of hydrogen-bond donors (Lipinski definition) is 2. The molecular formula is C16H18N4O4. The number of carboxylic acid groups (broad SMARTS) is 1. The summed E-state index contributed by atoms with van der Waals surface area (Å²) in [5, 5.41) is 15.8. The predicted molar refractivity (Wildman–Crippen MR) is 82.5 cm³/mol. The highest BCUT2D eigenvalue weighted by molar-refractivity contribution is 5.97. The highest BCUT2D eigenvalue weighted by Gasteiger charge is 2.31. The Kier molecular flexibility index (Phi) is 4.28. The fraction of sp³-hybridized carbons (Fsp3) is 0.438. The third-order valence-electron chi connectivity index (χ3n) is 3.87. The molecule has 0 aliphatic heterocycles. The lowest BCUT2D eigenvalue weighted by Gasteiger charge is -2.18. The minimum absolute atomic E-state index is 0.0251. The second kappa shape index (κ2) is 6.38. The molecule has 126 valence electrons. The Balaban J connectivity index is 1.78. The average molecular weight is 330 g/mol. The average Bonchev–Trinajstić information content (AvgIpc) is 3.30. The molecule has 0 spiro atoms. The smallest absolute Gasteiger partial charge is 0.337 e. The molecule has 1 aliphatic rings. The van der Waals surface area contributed by atoms with Crippen LogP contribution in [0.5, 0.6) is 0 Å². The third kappa shape index (κ3) is 3.42. The number of pyridine rings is 1. The molecule has 1 fully saturated rings. The van der Waals surface area contributed by atoms with E-state index in [2.05, 4.69) is 20.4 Å². The summed E-state index contributed by atoms with van der Waals surface area (Å²) < 4.78 is 5.30. The molecule has 1 unspecified atom stereocenters. The van der Waals surface area contributed by atoms with Gasteiger partial charge in [-0.15, -0.1) is 0 Å². The van der Waals surface area contributed by atoms with E-state index in [-0.39, 0.29) is 17.0 Å². The van der Waals surface area contributed by atoms with E-state index in [9.17, 15) is 9.59 Å².